The molecule has 0 atom stereocenters. The lowest BCUT2D eigenvalue weighted by atomic mass is 10.0. The molecule has 6 heteroatoms. The summed E-state index contributed by atoms with van der Waals surface area (Å²) in [5.74, 6) is -1.35. The minimum absolute atomic E-state index is 0.0759. The highest BCUT2D eigenvalue weighted by atomic mass is 19.1. The number of nitrogens with zero attached hydrogens (tertiary/aromatic N) is 2. The lowest BCUT2D eigenvalue weighted by Crippen LogP contribution is -2.34. The molecule has 0 spiro atoms. The summed E-state index contributed by atoms with van der Waals surface area (Å²) < 4.78 is 20.0. The van der Waals surface area contributed by atoms with Gasteiger partial charge in [0, 0.05) is 19.2 Å². The first-order valence-corrected chi connectivity index (χ1v) is 9.79. The highest BCUT2D eigenvalue weighted by Crippen LogP contribution is 2.38. The Morgan fingerprint density at radius 1 is 0.871 bits per heavy atom. The van der Waals surface area contributed by atoms with Crippen molar-refractivity contribution in [3.05, 3.63) is 102 Å². The van der Waals surface area contributed by atoms with Crippen molar-refractivity contribution in [1.82, 2.24) is 4.90 Å². The van der Waals surface area contributed by atoms with Gasteiger partial charge >= 0.3 is 0 Å². The quantitative estimate of drug-likeness (QED) is 0.564. The van der Waals surface area contributed by atoms with Gasteiger partial charge in [-0.2, -0.15) is 0 Å². The molecule has 1 heterocycles. The normalized spacial score (nSPS) is 13.7. The van der Waals surface area contributed by atoms with Crippen LogP contribution in [0.5, 0.6) is 5.75 Å². The fraction of sp³-hybridized carbons (Fsp3) is 0.120. The molecular weight excluding hydrogens is 395 g/mol. The van der Waals surface area contributed by atoms with E-state index in [9.17, 15) is 14.0 Å². The molecule has 31 heavy (non-hydrogen) atoms. The number of carbonyl (C=O) groups excluding carboxylic acids is 2. The maximum Gasteiger partial charge on any atom is 0.282 e. The van der Waals surface area contributed by atoms with Crippen molar-refractivity contribution in [2.75, 3.05) is 19.1 Å². The Morgan fingerprint density at radius 2 is 1.52 bits per heavy atom. The lowest BCUT2D eigenvalue weighted by molar-refractivity contribution is -0.120. The average Bonchev–Trinajstić information content (AvgIpc) is 3.04. The van der Waals surface area contributed by atoms with Gasteiger partial charge in [-0.15, -0.1) is 0 Å². The van der Waals surface area contributed by atoms with Crippen molar-refractivity contribution in [1.29, 1.82) is 0 Å². The molecule has 0 N–H and O–H groups in total. The fourth-order valence-electron chi connectivity index (χ4n) is 3.75. The van der Waals surface area contributed by atoms with Crippen LogP contribution in [0, 0.1) is 5.82 Å². The van der Waals surface area contributed by atoms with Crippen molar-refractivity contribution in [3.8, 4) is 5.75 Å². The first kappa shape index (κ1) is 20.3. The second-order valence-electron chi connectivity index (χ2n) is 7.16. The van der Waals surface area contributed by atoms with E-state index in [-0.39, 0.29) is 17.0 Å². The van der Waals surface area contributed by atoms with Crippen LogP contribution in [-0.4, -0.2) is 30.9 Å². The summed E-state index contributed by atoms with van der Waals surface area (Å²) in [6, 6.07) is 22.4. The van der Waals surface area contributed by atoms with Gasteiger partial charge in [0.05, 0.1) is 18.4 Å². The minimum atomic E-state index is -0.643. The Hall–Kier alpha value is -3.93. The van der Waals surface area contributed by atoms with E-state index >= 15 is 0 Å². The number of benzene rings is 3. The van der Waals surface area contributed by atoms with Crippen LogP contribution in [-0.2, 0) is 16.1 Å². The second-order valence-corrected chi connectivity index (χ2v) is 7.16. The predicted octanol–water partition coefficient (Wildman–Crippen LogP) is 4.25. The van der Waals surface area contributed by atoms with Crippen LogP contribution < -0.4 is 9.64 Å². The molecule has 0 saturated heterocycles. The summed E-state index contributed by atoms with van der Waals surface area (Å²) in [6.07, 6.45) is 0. The average molecular weight is 416 g/mol. The van der Waals surface area contributed by atoms with E-state index in [4.69, 9.17) is 4.74 Å². The second kappa shape index (κ2) is 8.44. The zero-order valence-electron chi connectivity index (χ0n) is 17.2. The molecule has 0 unspecified atom stereocenters. The molecule has 0 saturated carbocycles. The van der Waals surface area contributed by atoms with Crippen LogP contribution >= 0.6 is 0 Å². The zero-order chi connectivity index (χ0) is 22.0. The van der Waals surface area contributed by atoms with Gasteiger partial charge in [-0.3, -0.25) is 9.59 Å². The Balaban J connectivity index is 1.86. The van der Waals surface area contributed by atoms with Gasteiger partial charge in [0.15, 0.2) is 0 Å². The van der Waals surface area contributed by atoms with Crippen LogP contribution in [0.4, 0.5) is 10.1 Å². The van der Waals surface area contributed by atoms with E-state index in [0.29, 0.717) is 17.9 Å². The minimum Gasteiger partial charge on any atom is -0.496 e. The SMILES string of the molecule is COc1ccccc1C1=C(N(C)Cc2ccccc2)C(=O)N(c2ccccc2F)C1=O. The number of anilines is 1. The number of imide groups is 1. The summed E-state index contributed by atoms with van der Waals surface area (Å²) in [5, 5.41) is 0. The number of hydrogen-bond acceptors (Lipinski definition) is 4. The van der Waals surface area contributed by atoms with Crippen LogP contribution in [0.3, 0.4) is 0 Å². The lowest BCUT2D eigenvalue weighted by Gasteiger charge is -2.22. The molecule has 0 bridgehead atoms. The highest BCUT2D eigenvalue weighted by Gasteiger charge is 2.43. The predicted molar refractivity (Wildman–Crippen MR) is 117 cm³/mol. The topological polar surface area (TPSA) is 49.9 Å². The van der Waals surface area contributed by atoms with Gasteiger partial charge in [-0.05, 0) is 23.8 Å². The molecule has 3 aromatic rings. The molecular formula is C25H21FN2O3. The zero-order valence-corrected chi connectivity index (χ0v) is 17.2. The molecule has 3 aromatic carbocycles. The monoisotopic (exact) mass is 416 g/mol. The number of para-hydroxylation sites is 2. The Morgan fingerprint density at radius 3 is 2.23 bits per heavy atom. The van der Waals surface area contributed by atoms with Crippen molar-refractivity contribution in [3.63, 3.8) is 0 Å². The molecule has 156 valence electrons. The van der Waals surface area contributed by atoms with Gasteiger partial charge < -0.3 is 9.64 Å². The van der Waals surface area contributed by atoms with E-state index in [2.05, 4.69) is 0 Å². The Kier molecular flexibility index (Phi) is 5.54. The first-order chi connectivity index (χ1) is 15.0. The van der Waals surface area contributed by atoms with E-state index in [1.807, 2.05) is 30.3 Å². The summed E-state index contributed by atoms with van der Waals surface area (Å²) >= 11 is 0. The summed E-state index contributed by atoms with van der Waals surface area (Å²) in [4.78, 5) is 29.6. The molecule has 0 aromatic heterocycles. The molecule has 5 nitrogen and oxygen atoms in total. The van der Waals surface area contributed by atoms with E-state index in [0.717, 1.165) is 10.5 Å². The van der Waals surface area contributed by atoms with Crippen LogP contribution in [0.25, 0.3) is 5.57 Å². The number of halogens is 1. The van der Waals surface area contributed by atoms with E-state index in [1.165, 1.54) is 25.3 Å². The third-order valence-corrected chi connectivity index (χ3v) is 5.17. The smallest absolute Gasteiger partial charge is 0.282 e. The molecule has 1 aliphatic rings. The van der Waals surface area contributed by atoms with Crippen LogP contribution in [0.2, 0.25) is 0 Å². The summed E-state index contributed by atoms with van der Waals surface area (Å²) in [5.41, 5.74) is 1.76. The standard InChI is InChI=1S/C25H21FN2O3/c1-27(16-17-10-4-3-5-11-17)23-22(18-12-6-9-15-21(18)31-2)24(29)28(25(23)30)20-14-8-7-13-19(20)26/h3-15H,16H2,1-2H3. The third kappa shape index (κ3) is 3.68. The summed E-state index contributed by atoms with van der Waals surface area (Å²) in [7, 11) is 3.25. The number of amides is 2. The van der Waals surface area contributed by atoms with E-state index in [1.54, 1.807) is 42.3 Å². The Labute approximate surface area is 180 Å². The molecule has 1 aliphatic heterocycles. The molecule has 0 fully saturated rings. The van der Waals surface area contributed by atoms with Gasteiger partial charge in [-0.25, -0.2) is 9.29 Å². The van der Waals surface area contributed by atoms with Crippen molar-refractivity contribution < 1.29 is 18.7 Å². The van der Waals surface area contributed by atoms with Crippen LogP contribution in [0.15, 0.2) is 84.6 Å². The first-order valence-electron chi connectivity index (χ1n) is 9.79. The van der Waals surface area contributed by atoms with E-state index < -0.39 is 17.6 Å². The number of methoxy groups -OCH3 is 1. The fourth-order valence-corrected chi connectivity index (χ4v) is 3.75. The largest absolute Gasteiger partial charge is 0.496 e. The van der Waals surface area contributed by atoms with Crippen molar-refractivity contribution >= 4 is 23.1 Å². The molecule has 2 amide bonds. The van der Waals surface area contributed by atoms with Gasteiger partial charge in [-0.1, -0.05) is 60.7 Å². The van der Waals surface area contributed by atoms with Gasteiger partial charge in [0.25, 0.3) is 11.8 Å². The van der Waals surface area contributed by atoms with Crippen molar-refractivity contribution in [2.24, 2.45) is 0 Å². The number of hydrogen-bond donors (Lipinski definition) is 0. The van der Waals surface area contributed by atoms with Crippen LogP contribution in [0.1, 0.15) is 11.1 Å². The number of rotatable bonds is 6. The Bertz CT molecular complexity index is 1170. The molecule has 0 radical (unpaired) electrons. The molecule has 4 rings (SSSR count). The maximum atomic E-state index is 14.5. The van der Waals surface area contributed by atoms with Crippen molar-refractivity contribution in [2.45, 2.75) is 6.54 Å². The molecule has 0 aliphatic carbocycles. The maximum absolute atomic E-state index is 14.5. The highest BCUT2D eigenvalue weighted by molar-refractivity contribution is 6.45. The summed E-state index contributed by atoms with van der Waals surface area (Å²) in [6.45, 7) is 0.402. The van der Waals surface area contributed by atoms with Gasteiger partial charge in [0.1, 0.15) is 17.3 Å². The number of ether oxygens (including phenoxy) is 1. The third-order valence-electron chi connectivity index (χ3n) is 5.17. The number of likely N-dealkylation sites (N-methyl/N-ethyl adjacent to an activating group) is 1. The van der Waals surface area contributed by atoms with Gasteiger partial charge in [0.2, 0.25) is 0 Å². The number of carbonyl (C=O) groups is 2.